The molecule has 1 aliphatic rings. The first kappa shape index (κ1) is 9.04. The zero-order valence-electron chi connectivity index (χ0n) is 7.98. The van der Waals surface area contributed by atoms with Gasteiger partial charge in [-0.05, 0) is 5.56 Å². The molecule has 0 amide bonds. The molecule has 1 aliphatic heterocycles. The molecule has 0 spiro atoms. The lowest BCUT2D eigenvalue weighted by Gasteiger charge is -2.32. The molecule has 72 valence electrons. The Balaban J connectivity index is 2.20. The van der Waals surface area contributed by atoms with Crippen molar-refractivity contribution < 1.29 is 0 Å². The molecule has 0 radical (unpaired) electrons. The lowest BCUT2D eigenvalue weighted by Crippen LogP contribution is -2.43. The summed E-state index contributed by atoms with van der Waals surface area (Å²) in [6, 6.07) is 10.4. The number of nitrogens with one attached hydrogen (secondary N) is 1. The van der Waals surface area contributed by atoms with Gasteiger partial charge in [-0.1, -0.05) is 30.3 Å². The van der Waals surface area contributed by atoms with E-state index < -0.39 is 0 Å². The van der Waals surface area contributed by atoms with Crippen LogP contribution in [0.25, 0.3) is 0 Å². The van der Waals surface area contributed by atoms with E-state index in [1.54, 1.807) is 0 Å². The Morgan fingerprint density at radius 1 is 1.36 bits per heavy atom. The van der Waals surface area contributed by atoms with Crippen molar-refractivity contribution in [1.29, 1.82) is 5.26 Å². The minimum absolute atomic E-state index is 0.204. The van der Waals surface area contributed by atoms with Crippen molar-refractivity contribution in [2.45, 2.75) is 6.04 Å². The van der Waals surface area contributed by atoms with Crippen LogP contribution in [0.1, 0.15) is 11.6 Å². The molecule has 0 saturated carbocycles. The normalized spacial score (nSPS) is 21.6. The summed E-state index contributed by atoms with van der Waals surface area (Å²) in [5.74, 6) is 0. The maximum absolute atomic E-state index is 8.97. The van der Waals surface area contributed by atoms with Crippen molar-refractivity contribution >= 4 is 0 Å². The van der Waals surface area contributed by atoms with Crippen LogP contribution in [0.15, 0.2) is 30.3 Å². The third kappa shape index (κ3) is 1.70. The van der Waals surface area contributed by atoms with Gasteiger partial charge in [-0.2, -0.15) is 5.26 Å². The van der Waals surface area contributed by atoms with Gasteiger partial charge in [-0.3, -0.25) is 0 Å². The van der Waals surface area contributed by atoms with E-state index in [1.165, 1.54) is 5.56 Å². The second-order valence-corrected chi connectivity index (χ2v) is 3.42. The van der Waals surface area contributed by atoms with Gasteiger partial charge in [0.05, 0.1) is 6.04 Å². The Hall–Kier alpha value is -1.53. The summed E-state index contributed by atoms with van der Waals surface area (Å²) in [6.45, 7) is 2.56. The Kier molecular flexibility index (Phi) is 2.66. The second kappa shape index (κ2) is 4.12. The van der Waals surface area contributed by atoms with E-state index in [4.69, 9.17) is 5.26 Å². The maximum atomic E-state index is 8.97. The van der Waals surface area contributed by atoms with Gasteiger partial charge >= 0.3 is 0 Å². The quantitative estimate of drug-likeness (QED) is 0.669. The van der Waals surface area contributed by atoms with Crippen molar-refractivity contribution in [2.75, 3.05) is 19.6 Å². The number of benzene rings is 1. The Bertz CT molecular complexity index is 328. The predicted octanol–water partition coefficient (Wildman–Crippen LogP) is 1.11. The topological polar surface area (TPSA) is 39.1 Å². The van der Waals surface area contributed by atoms with E-state index >= 15 is 0 Å². The highest BCUT2D eigenvalue weighted by Gasteiger charge is 2.21. The molecule has 1 aromatic carbocycles. The van der Waals surface area contributed by atoms with Gasteiger partial charge in [0.2, 0.25) is 0 Å². The summed E-state index contributed by atoms with van der Waals surface area (Å²) < 4.78 is 0. The fourth-order valence-electron chi connectivity index (χ4n) is 1.80. The number of piperazine rings is 1. The molecule has 1 unspecified atom stereocenters. The Labute approximate surface area is 84.0 Å². The molecule has 1 aromatic rings. The van der Waals surface area contributed by atoms with E-state index in [0.717, 1.165) is 19.6 Å². The molecule has 0 aromatic heterocycles. The lowest BCUT2D eigenvalue weighted by molar-refractivity contribution is 0.243. The standard InChI is InChI=1S/C11H13N3/c12-9-14-7-6-13-8-11(14)10-4-2-1-3-5-10/h1-5,11,13H,6-8H2. The number of rotatable bonds is 1. The van der Waals surface area contributed by atoms with E-state index in [9.17, 15) is 0 Å². The predicted molar refractivity (Wildman–Crippen MR) is 54.4 cm³/mol. The smallest absolute Gasteiger partial charge is 0.179 e. The first-order chi connectivity index (χ1) is 6.92. The van der Waals surface area contributed by atoms with Gasteiger partial charge in [0.25, 0.3) is 0 Å². The summed E-state index contributed by atoms with van der Waals surface area (Å²) in [5, 5.41) is 12.3. The highest BCUT2D eigenvalue weighted by atomic mass is 15.2. The van der Waals surface area contributed by atoms with Gasteiger partial charge in [-0.25, -0.2) is 0 Å². The minimum atomic E-state index is 0.204. The maximum Gasteiger partial charge on any atom is 0.179 e. The number of nitriles is 1. The first-order valence-electron chi connectivity index (χ1n) is 4.84. The Morgan fingerprint density at radius 3 is 2.86 bits per heavy atom. The molecule has 2 rings (SSSR count). The SMILES string of the molecule is N#CN1CCNCC1c1ccccc1. The molecule has 0 aliphatic carbocycles. The summed E-state index contributed by atoms with van der Waals surface area (Å²) in [4.78, 5) is 1.84. The molecule has 14 heavy (non-hydrogen) atoms. The average Bonchev–Trinajstić information content (AvgIpc) is 2.30. The molecular formula is C11H13N3. The van der Waals surface area contributed by atoms with Crippen molar-refractivity contribution in [2.24, 2.45) is 0 Å². The molecule has 1 atom stereocenters. The highest BCUT2D eigenvalue weighted by Crippen LogP contribution is 2.20. The van der Waals surface area contributed by atoms with E-state index in [0.29, 0.717) is 0 Å². The van der Waals surface area contributed by atoms with Crippen LogP contribution < -0.4 is 5.32 Å². The molecule has 0 bridgehead atoms. The van der Waals surface area contributed by atoms with Crippen molar-refractivity contribution in [3.8, 4) is 6.19 Å². The largest absolute Gasteiger partial charge is 0.313 e. The van der Waals surface area contributed by atoms with Gasteiger partial charge in [0, 0.05) is 19.6 Å². The molecule has 3 nitrogen and oxygen atoms in total. The summed E-state index contributed by atoms with van der Waals surface area (Å²) in [5.41, 5.74) is 1.21. The van der Waals surface area contributed by atoms with Crippen LogP contribution in [0.2, 0.25) is 0 Å². The number of hydrogen-bond donors (Lipinski definition) is 1. The van der Waals surface area contributed by atoms with Crippen LogP contribution >= 0.6 is 0 Å². The number of hydrogen-bond acceptors (Lipinski definition) is 3. The lowest BCUT2D eigenvalue weighted by atomic mass is 10.0. The van der Waals surface area contributed by atoms with Gasteiger partial charge < -0.3 is 10.2 Å². The minimum Gasteiger partial charge on any atom is -0.313 e. The van der Waals surface area contributed by atoms with Crippen molar-refractivity contribution in [3.63, 3.8) is 0 Å². The molecular weight excluding hydrogens is 174 g/mol. The molecule has 3 heteroatoms. The van der Waals surface area contributed by atoms with Crippen LogP contribution in [0.3, 0.4) is 0 Å². The Morgan fingerprint density at radius 2 is 2.14 bits per heavy atom. The van der Waals surface area contributed by atoms with E-state index in [-0.39, 0.29) is 6.04 Å². The second-order valence-electron chi connectivity index (χ2n) is 3.42. The summed E-state index contributed by atoms with van der Waals surface area (Å²) in [7, 11) is 0. The van der Waals surface area contributed by atoms with Crippen molar-refractivity contribution in [3.05, 3.63) is 35.9 Å². The fraction of sp³-hybridized carbons (Fsp3) is 0.364. The average molecular weight is 187 g/mol. The molecule has 1 N–H and O–H groups in total. The third-order valence-corrected chi connectivity index (χ3v) is 2.56. The fourth-order valence-corrected chi connectivity index (χ4v) is 1.80. The highest BCUT2D eigenvalue weighted by molar-refractivity contribution is 5.20. The van der Waals surface area contributed by atoms with Crippen LogP contribution in [0, 0.1) is 11.5 Å². The molecule has 1 heterocycles. The van der Waals surface area contributed by atoms with Crippen molar-refractivity contribution in [1.82, 2.24) is 10.2 Å². The van der Waals surface area contributed by atoms with E-state index in [2.05, 4.69) is 23.6 Å². The third-order valence-electron chi connectivity index (χ3n) is 2.56. The summed E-state index contributed by atoms with van der Waals surface area (Å²) in [6.07, 6.45) is 2.25. The number of nitrogens with zero attached hydrogens (tertiary/aromatic N) is 2. The first-order valence-corrected chi connectivity index (χ1v) is 4.84. The summed E-state index contributed by atoms with van der Waals surface area (Å²) >= 11 is 0. The zero-order chi connectivity index (χ0) is 9.80. The monoisotopic (exact) mass is 187 g/mol. The molecule has 1 saturated heterocycles. The van der Waals surface area contributed by atoms with Crippen LogP contribution in [-0.2, 0) is 0 Å². The zero-order valence-corrected chi connectivity index (χ0v) is 7.98. The van der Waals surface area contributed by atoms with Crippen LogP contribution in [0.5, 0.6) is 0 Å². The van der Waals surface area contributed by atoms with Crippen LogP contribution in [-0.4, -0.2) is 24.5 Å². The van der Waals surface area contributed by atoms with Gasteiger partial charge in [0.1, 0.15) is 0 Å². The van der Waals surface area contributed by atoms with Gasteiger partial charge in [0.15, 0.2) is 6.19 Å². The van der Waals surface area contributed by atoms with Gasteiger partial charge in [-0.15, -0.1) is 0 Å². The van der Waals surface area contributed by atoms with Crippen LogP contribution in [0.4, 0.5) is 0 Å². The van der Waals surface area contributed by atoms with E-state index in [1.807, 2.05) is 23.1 Å². The molecule has 1 fully saturated rings.